The minimum atomic E-state index is -3.51. The Morgan fingerprint density at radius 2 is 2.16 bits per heavy atom. The molecule has 19 heavy (non-hydrogen) atoms. The van der Waals surface area contributed by atoms with E-state index < -0.39 is 10.0 Å². The molecule has 0 aliphatic carbocycles. The molecule has 1 aromatic heterocycles. The third-order valence-electron chi connectivity index (χ3n) is 3.22. The lowest BCUT2D eigenvalue weighted by Crippen LogP contribution is -2.37. The summed E-state index contributed by atoms with van der Waals surface area (Å²) in [6.45, 7) is 5.13. The van der Waals surface area contributed by atoms with Gasteiger partial charge in [0.05, 0.1) is 6.61 Å². The van der Waals surface area contributed by atoms with Gasteiger partial charge in [-0.15, -0.1) is 0 Å². The molecule has 1 aromatic rings. The highest BCUT2D eigenvalue weighted by Crippen LogP contribution is 2.19. The van der Waals surface area contributed by atoms with Crippen molar-refractivity contribution in [1.29, 1.82) is 0 Å². The molecule has 2 N–H and O–H groups in total. The Morgan fingerprint density at radius 3 is 2.58 bits per heavy atom. The number of sulfonamides is 1. The van der Waals surface area contributed by atoms with Crippen molar-refractivity contribution >= 4 is 10.0 Å². The van der Waals surface area contributed by atoms with E-state index in [1.54, 1.807) is 26.4 Å². The molecule has 6 nitrogen and oxygen atoms in total. The third-order valence-corrected chi connectivity index (χ3v) is 5.15. The summed E-state index contributed by atoms with van der Waals surface area (Å²) in [5.74, 6) is 0. The fraction of sp³-hybridized carbons (Fsp3) is 0.667. The van der Waals surface area contributed by atoms with Crippen LogP contribution in [0.25, 0.3) is 0 Å². The molecule has 110 valence electrons. The van der Waals surface area contributed by atoms with Gasteiger partial charge >= 0.3 is 0 Å². The van der Waals surface area contributed by atoms with Crippen LogP contribution in [-0.4, -0.2) is 44.1 Å². The van der Waals surface area contributed by atoms with Crippen molar-refractivity contribution in [3.8, 4) is 0 Å². The fourth-order valence-electron chi connectivity index (χ4n) is 1.88. The molecule has 0 fully saturated rings. The van der Waals surface area contributed by atoms with Gasteiger partial charge in [0.2, 0.25) is 10.0 Å². The molecule has 0 aromatic carbocycles. The van der Waals surface area contributed by atoms with E-state index in [0.29, 0.717) is 19.7 Å². The summed E-state index contributed by atoms with van der Waals surface area (Å²) in [6, 6.07) is 1.41. The number of hydrogen-bond acceptors (Lipinski definition) is 4. The van der Waals surface area contributed by atoms with Crippen LogP contribution in [-0.2, 0) is 27.8 Å². The van der Waals surface area contributed by atoms with Crippen LogP contribution >= 0.6 is 0 Å². The minimum absolute atomic E-state index is 0.221. The molecule has 0 bridgehead atoms. The number of rotatable bonds is 7. The SMILES string of the molecule is CCn1cc(S(=O)(=O)N(C)C(C)COC)cc1CN. The van der Waals surface area contributed by atoms with E-state index in [9.17, 15) is 8.42 Å². The van der Waals surface area contributed by atoms with E-state index in [-0.39, 0.29) is 10.9 Å². The highest BCUT2D eigenvalue weighted by Gasteiger charge is 2.27. The number of methoxy groups -OCH3 is 1. The number of ether oxygens (including phenoxy) is 1. The summed E-state index contributed by atoms with van der Waals surface area (Å²) < 4.78 is 33.1. The summed E-state index contributed by atoms with van der Waals surface area (Å²) in [4.78, 5) is 0.278. The van der Waals surface area contributed by atoms with Crippen LogP contribution in [0, 0.1) is 0 Å². The van der Waals surface area contributed by atoms with Crippen LogP contribution in [0.15, 0.2) is 17.2 Å². The average molecular weight is 289 g/mol. The maximum Gasteiger partial charge on any atom is 0.244 e. The number of likely N-dealkylation sites (N-methyl/N-ethyl adjacent to an activating group) is 1. The number of nitrogens with zero attached hydrogens (tertiary/aromatic N) is 2. The maximum absolute atomic E-state index is 12.5. The fourth-order valence-corrected chi connectivity index (χ4v) is 3.29. The predicted molar refractivity (Wildman–Crippen MR) is 74.3 cm³/mol. The smallest absolute Gasteiger partial charge is 0.244 e. The van der Waals surface area contributed by atoms with Crippen molar-refractivity contribution in [2.75, 3.05) is 20.8 Å². The summed E-state index contributed by atoms with van der Waals surface area (Å²) in [5, 5.41) is 0. The van der Waals surface area contributed by atoms with Crippen LogP contribution in [0.5, 0.6) is 0 Å². The normalized spacial score (nSPS) is 14.0. The predicted octanol–water partition coefficient (Wildman–Crippen LogP) is 0.622. The first-order chi connectivity index (χ1) is 8.88. The van der Waals surface area contributed by atoms with E-state index in [0.717, 1.165) is 5.69 Å². The van der Waals surface area contributed by atoms with Crippen LogP contribution in [0.2, 0.25) is 0 Å². The first-order valence-corrected chi connectivity index (χ1v) is 7.68. The summed E-state index contributed by atoms with van der Waals surface area (Å²) in [7, 11) is -0.393. The second kappa shape index (κ2) is 6.51. The van der Waals surface area contributed by atoms with Crippen LogP contribution < -0.4 is 5.73 Å². The Balaban J connectivity index is 3.09. The highest BCUT2D eigenvalue weighted by atomic mass is 32.2. The first-order valence-electron chi connectivity index (χ1n) is 6.24. The Bertz CT molecular complexity index is 489. The summed E-state index contributed by atoms with van der Waals surface area (Å²) >= 11 is 0. The van der Waals surface area contributed by atoms with Crippen LogP contribution in [0.1, 0.15) is 19.5 Å². The number of aromatic nitrogens is 1. The zero-order valence-electron chi connectivity index (χ0n) is 12.0. The van der Waals surface area contributed by atoms with Crippen molar-refractivity contribution < 1.29 is 13.2 Å². The Hall–Kier alpha value is -0.890. The Labute approximate surface area is 115 Å². The molecule has 0 spiro atoms. The van der Waals surface area contributed by atoms with Gasteiger partial charge in [0.1, 0.15) is 4.90 Å². The second-order valence-electron chi connectivity index (χ2n) is 4.48. The highest BCUT2D eigenvalue weighted by molar-refractivity contribution is 7.89. The van der Waals surface area contributed by atoms with Gasteiger partial charge in [0, 0.05) is 45.2 Å². The van der Waals surface area contributed by atoms with Crippen molar-refractivity contribution in [2.24, 2.45) is 5.73 Å². The van der Waals surface area contributed by atoms with E-state index in [4.69, 9.17) is 10.5 Å². The molecular formula is C12H23N3O3S. The largest absolute Gasteiger partial charge is 0.383 e. The molecule has 1 rings (SSSR count). The summed E-state index contributed by atoms with van der Waals surface area (Å²) in [5.41, 5.74) is 6.43. The van der Waals surface area contributed by atoms with Gasteiger partial charge in [-0.2, -0.15) is 4.31 Å². The quantitative estimate of drug-likeness (QED) is 0.798. The summed E-state index contributed by atoms with van der Waals surface area (Å²) in [6.07, 6.45) is 1.63. The van der Waals surface area contributed by atoms with Gasteiger partial charge in [0.25, 0.3) is 0 Å². The molecular weight excluding hydrogens is 266 g/mol. The van der Waals surface area contributed by atoms with Gasteiger partial charge in [-0.1, -0.05) is 0 Å². The molecule has 0 radical (unpaired) electrons. The number of nitrogens with two attached hydrogens (primary N) is 1. The third kappa shape index (κ3) is 3.36. The number of aryl methyl sites for hydroxylation is 1. The van der Waals surface area contributed by atoms with Crippen LogP contribution in [0.4, 0.5) is 0 Å². The van der Waals surface area contributed by atoms with Crippen LogP contribution in [0.3, 0.4) is 0 Å². The molecule has 7 heteroatoms. The lowest BCUT2D eigenvalue weighted by atomic mass is 10.4. The monoisotopic (exact) mass is 289 g/mol. The van der Waals surface area contributed by atoms with E-state index in [2.05, 4.69) is 0 Å². The number of hydrogen-bond donors (Lipinski definition) is 1. The zero-order chi connectivity index (χ0) is 14.6. The van der Waals surface area contributed by atoms with Gasteiger partial charge in [-0.05, 0) is 19.9 Å². The lowest BCUT2D eigenvalue weighted by Gasteiger charge is -2.22. The molecule has 0 amide bonds. The zero-order valence-corrected chi connectivity index (χ0v) is 12.8. The van der Waals surface area contributed by atoms with E-state index >= 15 is 0 Å². The molecule has 1 atom stereocenters. The average Bonchev–Trinajstić information content (AvgIpc) is 2.81. The van der Waals surface area contributed by atoms with Crippen molar-refractivity contribution in [3.05, 3.63) is 18.0 Å². The van der Waals surface area contributed by atoms with Gasteiger partial charge in [-0.25, -0.2) is 8.42 Å². The Morgan fingerprint density at radius 1 is 1.53 bits per heavy atom. The molecule has 1 heterocycles. The molecule has 0 saturated carbocycles. The molecule has 0 saturated heterocycles. The standard InChI is InChI=1S/C12H23N3O3S/c1-5-15-8-12(6-11(15)7-13)19(16,17)14(3)10(2)9-18-4/h6,8,10H,5,7,9,13H2,1-4H3. The molecule has 1 unspecified atom stereocenters. The minimum Gasteiger partial charge on any atom is -0.383 e. The van der Waals surface area contributed by atoms with Gasteiger partial charge in [0.15, 0.2) is 0 Å². The van der Waals surface area contributed by atoms with Crippen molar-refractivity contribution in [3.63, 3.8) is 0 Å². The van der Waals surface area contributed by atoms with E-state index in [1.807, 2.05) is 18.4 Å². The van der Waals surface area contributed by atoms with Crippen molar-refractivity contribution in [1.82, 2.24) is 8.87 Å². The first kappa shape index (κ1) is 16.2. The topological polar surface area (TPSA) is 77.6 Å². The van der Waals surface area contributed by atoms with E-state index in [1.165, 1.54) is 4.31 Å². The van der Waals surface area contributed by atoms with Crippen molar-refractivity contribution in [2.45, 2.75) is 37.9 Å². The molecule has 0 aliphatic heterocycles. The maximum atomic E-state index is 12.5. The van der Waals surface area contributed by atoms with Gasteiger partial charge < -0.3 is 15.0 Å². The molecule has 0 aliphatic rings. The second-order valence-corrected chi connectivity index (χ2v) is 6.48. The lowest BCUT2D eigenvalue weighted by molar-refractivity contribution is 0.149. The Kier molecular flexibility index (Phi) is 5.54. The van der Waals surface area contributed by atoms with Gasteiger partial charge in [-0.3, -0.25) is 0 Å².